The van der Waals surface area contributed by atoms with Crippen molar-refractivity contribution in [3.8, 4) is 0 Å². The molecule has 0 aromatic heterocycles. The van der Waals surface area contributed by atoms with Gasteiger partial charge in [0.25, 0.3) is 0 Å². The van der Waals surface area contributed by atoms with E-state index in [0.29, 0.717) is 10.7 Å². The van der Waals surface area contributed by atoms with Gasteiger partial charge in [-0.15, -0.1) is 0 Å². The van der Waals surface area contributed by atoms with E-state index < -0.39 is 0 Å². The summed E-state index contributed by atoms with van der Waals surface area (Å²) in [5.41, 5.74) is 3.88. The van der Waals surface area contributed by atoms with Crippen LogP contribution in [0.4, 0.5) is 5.69 Å². The molecule has 1 aliphatic heterocycles. The molecule has 2 nitrogen and oxygen atoms in total. The zero-order valence-corrected chi connectivity index (χ0v) is 14.4. The molecule has 1 aromatic rings. The Hall–Kier alpha value is -0.830. The fourth-order valence-corrected chi connectivity index (χ4v) is 4.08. The van der Waals surface area contributed by atoms with Crippen molar-refractivity contribution in [2.75, 3.05) is 11.4 Å². The zero-order valence-electron chi connectivity index (χ0n) is 12.8. The molecular formula is C18H24BrNO. The van der Waals surface area contributed by atoms with Gasteiger partial charge in [0.2, 0.25) is 5.91 Å². The molecule has 0 saturated heterocycles. The summed E-state index contributed by atoms with van der Waals surface area (Å²) in [5.74, 6) is 0.641. The van der Waals surface area contributed by atoms with Crippen molar-refractivity contribution in [1.29, 1.82) is 0 Å². The first-order chi connectivity index (χ1) is 10.1. The predicted octanol–water partition coefficient (Wildman–Crippen LogP) is 4.48. The van der Waals surface area contributed by atoms with Crippen molar-refractivity contribution >= 4 is 27.5 Å². The van der Waals surface area contributed by atoms with E-state index in [-0.39, 0.29) is 5.92 Å². The quantitative estimate of drug-likeness (QED) is 0.736. The molecule has 2 aliphatic rings. The summed E-state index contributed by atoms with van der Waals surface area (Å²) in [6.45, 7) is 3.05. The second kappa shape index (κ2) is 6.51. The third-order valence-corrected chi connectivity index (χ3v) is 5.10. The van der Waals surface area contributed by atoms with E-state index in [1.54, 1.807) is 0 Å². The lowest BCUT2D eigenvalue weighted by Crippen LogP contribution is -2.35. The number of nitrogens with zero attached hydrogens (tertiary/aromatic N) is 1. The van der Waals surface area contributed by atoms with Gasteiger partial charge in [-0.2, -0.15) is 0 Å². The van der Waals surface area contributed by atoms with Crippen LogP contribution in [-0.2, 0) is 17.6 Å². The summed E-state index contributed by atoms with van der Waals surface area (Å²) >= 11 is 3.61. The molecule has 0 bridgehead atoms. The maximum Gasteiger partial charge on any atom is 0.230 e. The molecule has 1 aromatic carbocycles. The molecule has 1 atom stereocenters. The summed E-state index contributed by atoms with van der Waals surface area (Å²) < 4.78 is 0. The number of carbonyl (C=O) groups is 1. The number of amides is 1. The van der Waals surface area contributed by atoms with Gasteiger partial charge in [-0.3, -0.25) is 4.79 Å². The highest BCUT2D eigenvalue weighted by molar-refractivity contribution is 9.09. The minimum absolute atomic E-state index is 0.270. The lowest BCUT2D eigenvalue weighted by atomic mass is 9.88. The number of halogens is 1. The summed E-state index contributed by atoms with van der Waals surface area (Å²) in [4.78, 5) is 15.3. The van der Waals surface area contributed by atoms with E-state index in [1.165, 1.54) is 30.4 Å². The van der Waals surface area contributed by atoms with Gasteiger partial charge in [0, 0.05) is 23.0 Å². The lowest BCUT2D eigenvalue weighted by molar-refractivity contribution is -0.123. The van der Waals surface area contributed by atoms with Crippen LogP contribution < -0.4 is 4.90 Å². The van der Waals surface area contributed by atoms with E-state index in [1.807, 2.05) is 4.90 Å². The van der Waals surface area contributed by atoms with Crippen LogP contribution in [-0.4, -0.2) is 17.3 Å². The van der Waals surface area contributed by atoms with Crippen molar-refractivity contribution in [2.45, 2.75) is 56.7 Å². The molecular weight excluding hydrogens is 326 g/mol. The number of anilines is 1. The van der Waals surface area contributed by atoms with Crippen LogP contribution in [0.15, 0.2) is 18.2 Å². The molecule has 1 unspecified atom stereocenters. The summed E-state index contributed by atoms with van der Waals surface area (Å²) in [5, 5.41) is 0. The number of alkyl halides is 1. The molecule has 1 amide bonds. The molecule has 0 radical (unpaired) electrons. The third-order valence-electron chi connectivity index (χ3n) is 4.78. The van der Waals surface area contributed by atoms with Crippen LogP contribution in [0, 0.1) is 5.92 Å². The summed E-state index contributed by atoms with van der Waals surface area (Å²) in [6.07, 6.45) is 7.97. The largest absolute Gasteiger partial charge is 0.312 e. The van der Waals surface area contributed by atoms with Crippen molar-refractivity contribution in [3.05, 3.63) is 29.3 Å². The highest BCUT2D eigenvalue weighted by Gasteiger charge is 2.30. The second-order valence-electron chi connectivity index (χ2n) is 6.52. The Balaban J connectivity index is 1.75. The van der Waals surface area contributed by atoms with Gasteiger partial charge in [0.15, 0.2) is 0 Å². The van der Waals surface area contributed by atoms with Crippen molar-refractivity contribution in [3.63, 3.8) is 0 Å². The van der Waals surface area contributed by atoms with Crippen LogP contribution in [0.25, 0.3) is 0 Å². The van der Waals surface area contributed by atoms with Gasteiger partial charge in [0.1, 0.15) is 0 Å². The van der Waals surface area contributed by atoms with E-state index in [4.69, 9.17) is 0 Å². The monoisotopic (exact) mass is 349 g/mol. The highest BCUT2D eigenvalue weighted by Crippen LogP contribution is 2.33. The number of benzene rings is 1. The van der Waals surface area contributed by atoms with Crippen LogP contribution >= 0.6 is 15.9 Å². The zero-order chi connectivity index (χ0) is 14.8. The molecule has 114 valence electrons. The van der Waals surface area contributed by atoms with Crippen LogP contribution in [0.2, 0.25) is 0 Å². The highest BCUT2D eigenvalue weighted by atomic mass is 79.9. The van der Waals surface area contributed by atoms with E-state index in [0.717, 1.165) is 37.9 Å². The Morgan fingerprint density at radius 2 is 2.10 bits per heavy atom. The Morgan fingerprint density at radius 3 is 2.81 bits per heavy atom. The second-order valence-corrected chi connectivity index (χ2v) is 8.09. The average Bonchev–Trinajstić information content (AvgIpc) is 2.90. The fourth-order valence-electron chi connectivity index (χ4n) is 3.71. The maximum absolute atomic E-state index is 12.7. The SMILES string of the molecule is CC(Br)Cc1ccc2c(c1)CCN2C(=O)C1CCCCC1. The van der Waals surface area contributed by atoms with E-state index >= 15 is 0 Å². The molecule has 1 heterocycles. The van der Waals surface area contributed by atoms with Gasteiger partial charge in [0.05, 0.1) is 0 Å². The maximum atomic E-state index is 12.7. The van der Waals surface area contributed by atoms with Crippen LogP contribution in [0.3, 0.4) is 0 Å². The Kier molecular flexibility index (Phi) is 4.68. The topological polar surface area (TPSA) is 20.3 Å². The fraction of sp³-hybridized carbons (Fsp3) is 0.611. The standard InChI is InChI=1S/C18H24BrNO/c1-13(19)11-14-7-8-17-16(12-14)9-10-20(17)18(21)15-5-3-2-4-6-15/h7-8,12-13,15H,2-6,9-11H2,1H3. The Morgan fingerprint density at radius 1 is 1.33 bits per heavy atom. The van der Waals surface area contributed by atoms with Gasteiger partial charge in [-0.05, 0) is 42.9 Å². The molecule has 1 fully saturated rings. The van der Waals surface area contributed by atoms with Crippen LogP contribution in [0.1, 0.15) is 50.2 Å². The Labute approximate surface area is 136 Å². The van der Waals surface area contributed by atoms with Crippen LogP contribution in [0.5, 0.6) is 0 Å². The van der Waals surface area contributed by atoms with E-state index in [9.17, 15) is 4.79 Å². The van der Waals surface area contributed by atoms with Gasteiger partial charge < -0.3 is 4.90 Å². The summed E-state index contributed by atoms with van der Waals surface area (Å²) in [7, 11) is 0. The summed E-state index contributed by atoms with van der Waals surface area (Å²) in [6, 6.07) is 6.64. The van der Waals surface area contributed by atoms with Gasteiger partial charge >= 0.3 is 0 Å². The smallest absolute Gasteiger partial charge is 0.230 e. The number of hydrogen-bond acceptors (Lipinski definition) is 1. The number of fused-ring (bicyclic) bond motifs is 1. The van der Waals surface area contributed by atoms with Crippen molar-refractivity contribution < 1.29 is 4.79 Å². The first-order valence-corrected chi connectivity index (χ1v) is 9.14. The van der Waals surface area contributed by atoms with Gasteiger partial charge in [-0.25, -0.2) is 0 Å². The van der Waals surface area contributed by atoms with E-state index in [2.05, 4.69) is 41.1 Å². The molecule has 1 aliphatic carbocycles. The molecule has 0 N–H and O–H groups in total. The van der Waals surface area contributed by atoms with Gasteiger partial charge in [-0.1, -0.05) is 54.2 Å². The number of hydrogen-bond donors (Lipinski definition) is 0. The predicted molar refractivity (Wildman–Crippen MR) is 91.2 cm³/mol. The molecule has 1 saturated carbocycles. The number of carbonyl (C=O) groups excluding carboxylic acids is 1. The third kappa shape index (κ3) is 3.33. The van der Waals surface area contributed by atoms with Crippen molar-refractivity contribution in [1.82, 2.24) is 0 Å². The average molecular weight is 350 g/mol. The molecule has 21 heavy (non-hydrogen) atoms. The first-order valence-electron chi connectivity index (χ1n) is 8.22. The minimum Gasteiger partial charge on any atom is -0.312 e. The normalized spacial score (nSPS) is 20.4. The lowest BCUT2D eigenvalue weighted by Gasteiger charge is -2.26. The molecule has 3 rings (SSSR count). The molecule has 0 spiro atoms. The number of rotatable bonds is 3. The molecule has 3 heteroatoms. The first kappa shape index (κ1) is 15.1. The minimum atomic E-state index is 0.270. The van der Waals surface area contributed by atoms with Crippen molar-refractivity contribution in [2.24, 2.45) is 5.92 Å². The Bertz CT molecular complexity index is 520.